The van der Waals surface area contributed by atoms with Gasteiger partial charge in [-0.25, -0.2) is 8.60 Å². The summed E-state index contributed by atoms with van der Waals surface area (Å²) in [5.41, 5.74) is 3.14. The van der Waals surface area contributed by atoms with E-state index in [0.29, 0.717) is 18.3 Å². The van der Waals surface area contributed by atoms with E-state index >= 15 is 0 Å². The van der Waals surface area contributed by atoms with Crippen LogP contribution < -0.4 is 9.46 Å². The van der Waals surface area contributed by atoms with E-state index in [9.17, 15) is 13.4 Å². The molecule has 1 aromatic heterocycles. The van der Waals surface area contributed by atoms with E-state index in [1.807, 2.05) is 18.3 Å². The molecule has 1 amide bonds. The number of benzene rings is 2. The summed E-state index contributed by atoms with van der Waals surface area (Å²) >= 11 is 0. The van der Waals surface area contributed by atoms with Crippen molar-refractivity contribution in [3.63, 3.8) is 0 Å². The monoisotopic (exact) mass is 493 g/mol. The molecule has 3 aromatic rings. The molecule has 5 rings (SSSR count). The van der Waals surface area contributed by atoms with Crippen LogP contribution in [0.15, 0.2) is 67.0 Å². The number of hydrogen-bond acceptors (Lipinski definition) is 5. The first-order valence-electron chi connectivity index (χ1n) is 11.8. The summed E-state index contributed by atoms with van der Waals surface area (Å²) in [5, 5.41) is 0. The van der Waals surface area contributed by atoms with Gasteiger partial charge in [0.1, 0.15) is 22.6 Å². The average molecular weight is 494 g/mol. The predicted molar refractivity (Wildman–Crippen MR) is 133 cm³/mol. The summed E-state index contributed by atoms with van der Waals surface area (Å²) in [6.45, 7) is 2.20. The van der Waals surface area contributed by atoms with Crippen LogP contribution in [0.5, 0.6) is 5.75 Å². The van der Waals surface area contributed by atoms with Crippen LogP contribution in [0.1, 0.15) is 51.8 Å². The molecule has 182 valence electrons. The summed E-state index contributed by atoms with van der Waals surface area (Å²) in [5.74, 6) is -0.241. The zero-order valence-electron chi connectivity index (χ0n) is 19.5. The number of pyridine rings is 1. The van der Waals surface area contributed by atoms with Crippen LogP contribution in [0.3, 0.4) is 0 Å². The van der Waals surface area contributed by atoms with Gasteiger partial charge < -0.3 is 4.74 Å². The molecule has 6 nitrogen and oxygen atoms in total. The van der Waals surface area contributed by atoms with Crippen molar-refractivity contribution in [3.8, 4) is 5.75 Å². The highest BCUT2D eigenvalue weighted by Crippen LogP contribution is 2.45. The highest BCUT2D eigenvalue weighted by Gasteiger charge is 2.35. The zero-order chi connectivity index (χ0) is 24.4. The van der Waals surface area contributed by atoms with Gasteiger partial charge in [0.05, 0.1) is 18.2 Å². The van der Waals surface area contributed by atoms with E-state index in [2.05, 4.69) is 44.9 Å². The van der Waals surface area contributed by atoms with Gasteiger partial charge in [-0.1, -0.05) is 36.4 Å². The molecular formula is C27H28FN3O3S. The fourth-order valence-electron chi connectivity index (χ4n) is 4.69. The van der Waals surface area contributed by atoms with Gasteiger partial charge in [0, 0.05) is 43.7 Å². The van der Waals surface area contributed by atoms with Crippen LogP contribution in [0.2, 0.25) is 0 Å². The number of amides is 1. The topological polar surface area (TPSA) is 71.5 Å². The fraction of sp³-hybridized carbons (Fsp3) is 0.333. The van der Waals surface area contributed by atoms with Crippen molar-refractivity contribution in [2.24, 2.45) is 5.92 Å². The van der Waals surface area contributed by atoms with Crippen molar-refractivity contribution in [1.82, 2.24) is 14.6 Å². The molecule has 0 radical (unpaired) electrons. The van der Waals surface area contributed by atoms with E-state index in [4.69, 9.17) is 4.74 Å². The minimum atomic E-state index is -1.56. The SMILES string of the molecule is CS(=O)NC(=O)c1cc(C2CC2)c(OCC2CN(C(c3ccccc3)c3cccnc3)C2)cc1F. The van der Waals surface area contributed by atoms with Crippen LogP contribution in [0, 0.1) is 11.7 Å². The number of carbonyl (C=O) groups excluding carboxylic acids is 1. The Hall–Kier alpha value is -3.10. The number of likely N-dealkylation sites (tertiary alicyclic amines) is 1. The number of nitrogens with one attached hydrogen (secondary N) is 1. The molecule has 2 atom stereocenters. The van der Waals surface area contributed by atoms with E-state index in [1.165, 1.54) is 17.9 Å². The number of aromatic nitrogens is 1. The Morgan fingerprint density at radius 1 is 1.17 bits per heavy atom. The number of hydrogen-bond donors (Lipinski definition) is 1. The Morgan fingerprint density at radius 2 is 1.91 bits per heavy atom. The van der Waals surface area contributed by atoms with E-state index in [1.54, 1.807) is 12.3 Å². The standard InChI is InChI=1S/C27H28FN3O3S/c1-35(33)30-27(32)23-12-22(19-9-10-19)25(13-24(23)28)34-17-18-15-31(16-18)26(20-6-3-2-4-7-20)21-8-5-11-29-14-21/h2-8,11-14,18-19,26H,9-10,15-17H2,1H3,(H,30,32). The number of halogens is 1. The molecule has 0 bridgehead atoms. The van der Waals surface area contributed by atoms with Gasteiger partial charge in [0.15, 0.2) is 0 Å². The third-order valence-corrected chi connectivity index (χ3v) is 7.01. The van der Waals surface area contributed by atoms with Gasteiger partial charge in [-0.15, -0.1) is 0 Å². The molecule has 2 unspecified atom stereocenters. The minimum Gasteiger partial charge on any atom is -0.493 e. The van der Waals surface area contributed by atoms with E-state index < -0.39 is 22.7 Å². The quantitative estimate of drug-likeness (QED) is 0.483. The highest BCUT2D eigenvalue weighted by atomic mass is 32.2. The fourth-order valence-corrected chi connectivity index (χ4v) is 5.06. The first-order chi connectivity index (χ1) is 17.0. The van der Waals surface area contributed by atoms with Gasteiger partial charge in [-0.05, 0) is 47.6 Å². The molecular weight excluding hydrogens is 465 g/mol. The smallest absolute Gasteiger partial charge is 0.265 e. The largest absolute Gasteiger partial charge is 0.493 e. The Morgan fingerprint density at radius 3 is 2.57 bits per heavy atom. The van der Waals surface area contributed by atoms with Gasteiger partial charge in [0.2, 0.25) is 0 Å². The van der Waals surface area contributed by atoms with Crippen molar-refractivity contribution in [3.05, 3.63) is 95.1 Å². The molecule has 1 saturated heterocycles. The maximum atomic E-state index is 14.7. The third kappa shape index (κ3) is 5.44. The molecule has 0 spiro atoms. The maximum absolute atomic E-state index is 14.7. The van der Waals surface area contributed by atoms with Crippen molar-refractivity contribution < 1.29 is 18.1 Å². The Labute approximate surface area is 207 Å². The lowest BCUT2D eigenvalue weighted by atomic mass is 9.91. The second-order valence-corrected chi connectivity index (χ2v) is 10.4. The second kappa shape index (κ2) is 10.3. The number of rotatable bonds is 9. The van der Waals surface area contributed by atoms with Crippen LogP contribution in [0.25, 0.3) is 0 Å². The molecule has 35 heavy (non-hydrogen) atoms. The summed E-state index contributed by atoms with van der Waals surface area (Å²) in [6, 6.07) is 17.4. The van der Waals surface area contributed by atoms with Crippen molar-refractivity contribution in [1.29, 1.82) is 0 Å². The zero-order valence-corrected chi connectivity index (χ0v) is 20.3. The van der Waals surface area contributed by atoms with Gasteiger partial charge in [-0.3, -0.25) is 19.4 Å². The molecule has 2 aliphatic rings. The van der Waals surface area contributed by atoms with Crippen LogP contribution in [-0.2, 0) is 11.0 Å². The van der Waals surface area contributed by atoms with E-state index in [-0.39, 0.29) is 17.5 Å². The molecule has 2 heterocycles. The number of ether oxygens (including phenoxy) is 1. The van der Waals surface area contributed by atoms with Crippen molar-refractivity contribution in [2.75, 3.05) is 26.0 Å². The summed E-state index contributed by atoms with van der Waals surface area (Å²) in [6.07, 6.45) is 7.02. The molecule has 2 fully saturated rings. The highest BCUT2D eigenvalue weighted by molar-refractivity contribution is 7.82. The summed E-state index contributed by atoms with van der Waals surface area (Å²) in [7, 11) is -1.56. The van der Waals surface area contributed by atoms with Gasteiger partial charge in [-0.2, -0.15) is 0 Å². The molecule has 1 aliphatic heterocycles. The molecule has 1 aliphatic carbocycles. The number of nitrogens with zero attached hydrogens (tertiary/aromatic N) is 2. The lowest BCUT2D eigenvalue weighted by Gasteiger charge is -2.44. The first-order valence-corrected chi connectivity index (χ1v) is 13.3. The summed E-state index contributed by atoms with van der Waals surface area (Å²) < 4.78 is 34.4. The summed E-state index contributed by atoms with van der Waals surface area (Å²) in [4.78, 5) is 19.0. The second-order valence-electron chi connectivity index (χ2n) is 9.26. The van der Waals surface area contributed by atoms with Crippen LogP contribution in [0.4, 0.5) is 4.39 Å². The molecule has 8 heteroatoms. The van der Waals surface area contributed by atoms with Gasteiger partial charge >= 0.3 is 0 Å². The van der Waals surface area contributed by atoms with E-state index in [0.717, 1.165) is 37.1 Å². The number of carbonyl (C=O) groups is 1. The average Bonchev–Trinajstić information content (AvgIpc) is 3.66. The van der Waals surface area contributed by atoms with Crippen LogP contribution in [-0.4, -0.2) is 46.0 Å². The Balaban J connectivity index is 1.26. The third-order valence-electron chi connectivity index (χ3n) is 6.54. The Bertz CT molecular complexity index is 1180. The predicted octanol–water partition coefficient (Wildman–Crippen LogP) is 4.22. The first kappa shape index (κ1) is 23.6. The lowest BCUT2D eigenvalue weighted by Crippen LogP contribution is -2.51. The molecule has 1 saturated carbocycles. The normalized spacial score (nSPS) is 17.9. The van der Waals surface area contributed by atoms with Gasteiger partial charge in [0.25, 0.3) is 5.91 Å². The lowest BCUT2D eigenvalue weighted by molar-refractivity contribution is 0.0374. The van der Waals surface area contributed by atoms with Crippen molar-refractivity contribution in [2.45, 2.75) is 24.8 Å². The van der Waals surface area contributed by atoms with Crippen LogP contribution >= 0.6 is 0 Å². The minimum absolute atomic E-state index is 0.0913. The van der Waals surface area contributed by atoms with Crippen molar-refractivity contribution >= 4 is 16.9 Å². The Kier molecular flexibility index (Phi) is 6.92. The molecule has 1 N–H and O–H groups in total. The molecule has 2 aromatic carbocycles. The maximum Gasteiger partial charge on any atom is 0.265 e.